The molecular formula is C13H13FN2O4S. The van der Waals surface area contributed by atoms with Crippen molar-refractivity contribution in [3.8, 4) is 0 Å². The van der Waals surface area contributed by atoms with Crippen LogP contribution in [0.15, 0.2) is 34.9 Å². The number of nitrogens with zero attached hydrogens (tertiary/aromatic N) is 1. The second kappa shape index (κ2) is 6.04. The minimum Gasteiger partial charge on any atom is -0.361 e. The molecule has 0 atom stereocenters. The van der Waals surface area contributed by atoms with Gasteiger partial charge in [-0.2, -0.15) is 0 Å². The summed E-state index contributed by atoms with van der Waals surface area (Å²) in [6.45, 7) is 1.64. The van der Waals surface area contributed by atoms with Crippen LogP contribution in [0.25, 0.3) is 0 Å². The molecule has 0 bridgehead atoms. The zero-order chi connectivity index (χ0) is 15.5. The summed E-state index contributed by atoms with van der Waals surface area (Å²) in [7, 11) is -3.68. The van der Waals surface area contributed by atoms with Crippen LogP contribution in [0.3, 0.4) is 0 Å². The first kappa shape index (κ1) is 15.2. The summed E-state index contributed by atoms with van der Waals surface area (Å²) in [5, 5.41) is 5.90. The fourth-order valence-electron chi connectivity index (χ4n) is 1.73. The maximum atomic E-state index is 13.0. The van der Waals surface area contributed by atoms with Crippen molar-refractivity contribution in [1.82, 2.24) is 5.16 Å². The molecule has 0 radical (unpaired) electrons. The summed E-state index contributed by atoms with van der Waals surface area (Å²) in [5.74, 6) is -1.87. The third kappa shape index (κ3) is 4.67. The van der Waals surface area contributed by atoms with E-state index >= 15 is 0 Å². The zero-order valence-corrected chi connectivity index (χ0v) is 12.0. The Hall–Kier alpha value is -2.22. The van der Waals surface area contributed by atoms with Crippen LogP contribution in [0, 0.1) is 12.7 Å². The molecule has 0 fully saturated rings. The second-order valence-electron chi connectivity index (χ2n) is 4.52. The molecular weight excluding hydrogens is 299 g/mol. The van der Waals surface area contributed by atoms with Gasteiger partial charge in [0, 0.05) is 11.8 Å². The molecule has 21 heavy (non-hydrogen) atoms. The minimum atomic E-state index is -3.68. The molecule has 0 aliphatic rings. The van der Waals surface area contributed by atoms with E-state index in [2.05, 4.69) is 10.5 Å². The van der Waals surface area contributed by atoms with Gasteiger partial charge in [-0.25, -0.2) is 12.8 Å². The lowest BCUT2D eigenvalue weighted by Crippen LogP contribution is -2.24. The first-order valence-corrected chi connectivity index (χ1v) is 7.84. The Bertz CT molecular complexity index is 755. The number of carbonyl (C=O) groups is 1. The molecule has 2 rings (SSSR count). The minimum absolute atomic E-state index is 0.201. The zero-order valence-electron chi connectivity index (χ0n) is 11.2. The third-order valence-corrected chi connectivity index (χ3v) is 3.94. The largest absolute Gasteiger partial charge is 0.361 e. The molecule has 0 saturated carbocycles. The Labute approximate surface area is 120 Å². The number of aryl methyl sites for hydroxylation is 1. The van der Waals surface area contributed by atoms with Gasteiger partial charge in [0.25, 0.3) is 0 Å². The summed E-state index contributed by atoms with van der Waals surface area (Å²) in [6.07, 6.45) is 0. The van der Waals surface area contributed by atoms with Crippen molar-refractivity contribution in [1.29, 1.82) is 0 Å². The van der Waals surface area contributed by atoms with Gasteiger partial charge in [-0.15, -0.1) is 0 Å². The van der Waals surface area contributed by atoms with Gasteiger partial charge in [0.2, 0.25) is 5.91 Å². The average molecular weight is 312 g/mol. The number of hydrogen-bond donors (Lipinski definition) is 1. The maximum absolute atomic E-state index is 13.0. The van der Waals surface area contributed by atoms with E-state index in [4.69, 9.17) is 4.52 Å². The van der Waals surface area contributed by atoms with E-state index < -0.39 is 27.3 Å². The summed E-state index contributed by atoms with van der Waals surface area (Å²) in [6, 6.07) is 6.69. The monoisotopic (exact) mass is 312 g/mol. The van der Waals surface area contributed by atoms with Crippen LogP contribution in [-0.2, 0) is 20.4 Å². The Morgan fingerprint density at radius 1 is 1.38 bits per heavy atom. The second-order valence-corrected chi connectivity index (χ2v) is 6.58. The summed E-state index contributed by atoms with van der Waals surface area (Å²) in [5.41, 5.74) is 0.443. The van der Waals surface area contributed by atoms with Crippen LogP contribution in [-0.4, -0.2) is 25.2 Å². The van der Waals surface area contributed by atoms with Crippen molar-refractivity contribution >= 4 is 21.4 Å². The Kier molecular flexibility index (Phi) is 4.37. The van der Waals surface area contributed by atoms with Gasteiger partial charge in [0.1, 0.15) is 17.3 Å². The highest BCUT2D eigenvalue weighted by Crippen LogP contribution is 2.11. The van der Waals surface area contributed by atoms with Crippen molar-refractivity contribution in [3.63, 3.8) is 0 Å². The Morgan fingerprint density at radius 3 is 2.76 bits per heavy atom. The van der Waals surface area contributed by atoms with Crippen LogP contribution >= 0.6 is 0 Å². The highest BCUT2D eigenvalue weighted by atomic mass is 32.2. The highest BCUT2D eigenvalue weighted by molar-refractivity contribution is 7.91. The number of sulfone groups is 1. The third-order valence-electron chi connectivity index (χ3n) is 2.50. The Balaban J connectivity index is 1.98. The predicted octanol–water partition coefficient (Wildman–Crippen LogP) is 1.68. The van der Waals surface area contributed by atoms with Gasteiger partial charge in [-0.1, -0.05) is 11.2 Å². The Morgan fingerprint density at radius 2 is 2.14 bits per heavy atom. The van der Waals surface area contributed by atoms with Gasteiger partial charge in [-0.05, 0) is 25.1 Å². The molecule has 0 spiro atoms. The van der Waals surface area contributed by atoms with Crippen LogP contribution in [0.4, 0.5) is 10.1 Å². The molecule has 0 unspecified atom stereocenters. The molecule has 0 aliphatic carbocycles. The quantitative estimate of drug-likeness (QED) is 0.907. The van der Waals surface area contributed by atoms with Gasteiger partial charge < -0.3 is 9.84 Å². The highest BCUT2D eigenvalue weighted by Gasteiger charge is 2.19. The molecule has 112 valence electrons. The van der Waals surface area contributed by atoms with Crippen molar-refractivity contribution in [2.24, 2.45) is 0 Å². The van der Waals surface area contributed by atoms with Gasteiger partial charge in [0.15, 0.2) is 9.84 Å². The summed E-state index contributed by atoms with van der Waals surface area (Å²) < 4.78 is 41.4. The number of rotatable bonds is 5. The standard InChI is InChI=1S/C13H13FN2O4S/c1-9-5-12(16-20-9)7-21(18,19)8-13(17)15-11-4-2-3-10(14)6-11/h2-6H,7-8H2,1H3,(H,15,17). The fourth-order valence-corrected chi connectivity index (χ4v) is 2.89. The number of benzene rings is 1. The number of halogens is 1. The SMILES string of the molecule is Cc1cc(CS(=O)(=O)CC(=O)Nc2cccc(F)c2)no1. The molecule has 1 aromatic carbocycles. The predicted molar refractivity (Wildman–Crippen MR) is 73.8 cm³/mol. The normalized spacial score (nSPS) is 11.3. The van der Waals surface area contributed by atoms with E-state index in [1.165, 1.54) is 24.3 Å². The fraction of sp³-hybridized carbons (Fsp3) is 0.231. The molecule has 6 nitrogen and oxygen atoms in total. The molecule has 8 heteroatoms. The lowest BCUT2D eigenvalue weighted by Gasteiger charge is -2.05. The van der Waals surface area contributed by atoms with Gasteiger partial charge in [0.05, 0.1) is 11.4 Å². The van der Waals surface area contributed by atoms with Crippen LogP contribution in [0.1, 0.15) is 11.5 Å². The summed E-state index contributed by atoms with van der Waals surface area (Å²) >= 11 is 0. The van der Waals surface area contributed by atoms with Crippen molar-refractivity contribution < 1.29 is 22.1 Å². The maximum Gasteiger partial charge on any atom is 0.239 e. The molecule has 0 saturated heterocycles. The summed E-state index contributed by atoms with van der Waals surface area (Å²) in [4.78, 5) is 11.7. The molecule has 1 aromatic heterocycles. The molecule has 1 heterocycles. The average Bonchev–Trinajstić information content (AvgIpc) is 2.72. The smallest absolute Gasteiger partial charge is 0.239 e. The first-order chi connectivity index (χ1) is 9.84. The lowest BCUT2D eigenvalue weighted by molar-refractivity contribution is -0.113. The first-order valence-electron chi connectivity index (χ1n) is 6.02. The number of amides is 1. The van der Waals surface area contributed by atoms with E-state index in [-0.39, 0.29) is 17.1 Å². The van der Waals surface area contributed by atoms with Crippen molar-refractivity contribution in [3.05, 3.63) is 47.6 Å². The number of nitrogens with one attached hydrogen (secondary N) is 1. The number of anilines is 1. The number of hydrogen-bond acceptors (Lipinski definition) is 5. The van der Waals surface area contributed by atoms with E-state index in [0.717, 1.165) is 6.07 Å². The number of carbonyl (C=O) groups excluding carboxylic acids is 1. The van der Waals surface area contributed by atoms with Crippen molar-refractivity contribution in [2.75, 3.05) is 11.1 Å². The van der Waals surface area contributed by atoms with Crippen LogP contribution < -0.4 is 5.32 Å². The van der Waals surface area contributed by atoms with Crippen LogP contribution in [0.5, 0.6) is 0 Å². The molecule has 1 amide bonds. The lowest BCUT2D eigenvalue weighted by atomic mass is 10.3. The topological polar surface area (TPSA) is 89.3 Å². The molecule has 2 aromatic rings. The van der Waals surface area contributed by atoms with E-state index in [1.54, 1.807) is 6.92 Å². The van der Waals surface area contributed by atoms with E-state index in [0.29, 0.717) is 5.76 Å². The van der Waals surface area contributed by atoms with E-state index in [9.17, 15) is 17.6 Å². The van der Waals surface area contributed by atoms with Gasteiger partial charge >= 0.3 is 0 Å². The molecule has 1 N–H and O–H groups in total. The van der Waals surface area contributed by atoms with E-state index in [1.807, 2.05) is 0 Å². The van der Waals surface area contributed by atoms with Gasteiger partial charge in [-0.3, -0.25) is 4.79 Å². The van der Waals surface area contributed by atoms with Crippen LogP contribution in [0.2, 0.25) is 0 Å². The van der Waals surface area contributed by atoms with Crippen molar-refractivity contribution in [2.45, 2.75) is 12.7 Å². The number of aromatic nitrogens is 1. The molecule has 0 aliphatic heterocycles.